The van der Waals surface area contributed by atoms with Gasteiger partial charge in [-0.05, 0) is 25.5 Å². The topological polar surface area (TPSA) is 107 Å². The molecule has 26 heavy (non-hydrogen) atoms. The summed E-state index contributed by atoms with van der Waals surface area (Å²) in [4.78, 5) is 31.4. The molecule has 0 radical (unpaired) electrons. The molecule has 132 valence electrons. The second-order valence-corrected chi connectivity index (χ2v) is 5.82. The number of nitrogens with one attached hydrogen (secondary N) is 2. The summed E-state index contributed by atoms with van der Waals surface area (Å²) in [7, 11) is 0. The number of aryl methyl sites for hydroxylation is 1. The minimum absolute atomic E-state index is 0.184. The molecule has 1 amide bonds. The van der Waals surface area contributed by atoms with Gasteiger partial charge in [0.15, 0.2) is 5.82 Å². The Hall–Kier alpha value is -3.48. The molecule has 1 aromatic heterocycles. The Morgan fingerprint density at radius 3 is 2.27 bits per heavy atom. The van der Waals surface area contributed by atoms with Gasteiger partial charge in [0, 0.05) is 18.0 Å². The Morgan fingerprint density at radius 2 is 1.62 bits per heavy atom. The van der Waals surface area contributed by atoms with E-state index < -0.39 is 11.9 Å². The zero-order chi connectivity index (χ0) is 18.5. The summed E-state index contributed by atoms with van der Waals surface area (Å²) in [5, 5.41) is 10.5. The van der Waals surface area contributed by atoms with Crippen LogP contribution in [-0.4, -0.2) is 21.8 Å². The number of aliphatic carboxylic acids is 1. The van der Waals surface area contributed by atoms with Crippen LogP contribution in [0.3, 0.4) is 0 Å². The quantitative estimate of drug-likeness (QED) is 0.654. The summed E-state index contributed by atoms with van der Waals surface area (Å²) in [5.74, 6) is -1.36. The van der Waals surface area contributed by atoms with Crippen molar-refractivity contribution in [2.24, 2.45) is 0 Å². The summed E-state index contributed by atoms with van der Waals surface area (Å²) in [6, 6.07) is 15.2. The van der Waals surface area contributed by atoms with Gasteiger partial charge in [0.05, 0.1) is 11.0 Å². The average Bonchev–Trinajstić information content (AvgIpc) is 2.64. The molecule has 3 rings (SSSR count). The molecule has 0 atom stereocenters. The highest BCUT2D eigenvalue weighted by Crippen LogP contribution is 2.26. The highest BCUT2D eigenvalue weighted by molar-refractivity contribution is 5.85. The van der Waals surface area contributed by atoms with E-state index in [2.05, 4.69) is 20.8 Å². The first-order valence-electron chi connectivity index (χ1n) is 8.11. The number of hydrogen-bond acceptors (Lipinski definition) is 6. The summed E-state index contributed by atoms with van der Waals surface area (Å²) in [6.45, 7) is 1.99. The van der Waals surface area contributed by atoms with Gasteiger partial charge >= 0.3 is 0 Å². The standard InChI is InChI=1S/C19H18N4O3/c1-12-6-8-13(9-7-12)18-19(23-22-16(24)10-11-17(25)26)21-15-5-3-2-4-14(15)20-18/h2-9H,10-11H2,1H3,(H,21,23)(H,22,24)(H,25,26)/p-1. The van der Waals surface area contributed by atoms with E-state index in [-0.39, 0.29) is 12.8 Å². The number of para-hydroxylation sites is 2. The van der Waals surface area contributed by atoms with Crippen molar-refractivity contribution in [1.29, 1.82) is 0 Å². The average molecular weight is 349 g/mol. The van der Waals surface area contributed by atoms with Gasteiger partial charge in [-0.3, -0.25) is 15.6 Å². The van der Waals surface area contributed by atoms with Crippen molar-refractivity contribution >= 4 is 28.7 Å². The summed E-state index contributed by atoms with van der Waals surface area (Å²) in [6.07, 6.45) is -0.530. The van der Waals surface area contributed by atoms with E-state index in [0.29, 0.717) is 17.0 Å². The van der Waals surface area contributed by atoms with E-state index >= 15 is 0 Å². The second kappa shape index (κ2) is 7.60. The third-order valence-electron chi connectivity index (χ3n) is 3.77. The van der Waals surface area contributed by atoms with Crippen LogP contribution in [0, 0.1) is 6.92 Å². The highest BCUT2D eigenvalue weighted by atomic mass is 16.4. The number of hydrazine groups is 1. The first kappa shape index (κ1) is 17.3. The van der Waals surface area contributed by atoms with Crippen LogP contribution in [0.2, 0.25) is 0 Å². The van der Waals surface area contributed by atoms with Crippen LogP contribution < -0.4 is 16.0 Å². The number of fused-ring (bicyclic) bond motifs is 1. The number of nitrogens with zero attached hydrogens (tertiary/aromatic N) is 2. The molecule has 0 fully saturated rings. The van der Waals surface area contributed by atoms with E-state index in [1.165, 1.54) is 0 Å². The number of anilines is 1. The number of carboxylic acids is 1. The first-order chi connectivity index (χ1) is 12.5. The van der Waals surface area contributed by atoms with Gasteiger partial charge in [-0.1, -0.05) is 42.0 Å². The molecule has 0 bridgehead atoms. The summed E-state index contributed by atoms with van der Waals surface area (Å²) < 4.78 is 0. The number of rotatable bonds is 6. The fourth-order valence-electron chi connectivity index (χ4n) is 2.41. The number of carboxylic acid groups (broad SMARTS) is 1. The summed E-state index contributed by atoms with van der Waals surface area (Å²) >= 11 is 0. The first-order valence-corrected chi connectivity index (χ1v) is 8.11. The third-order valence-corrected chi connectivity index (χ3v) is 3.77. The zero-order valence-corrected chi connectivity index (χ0v) is 14.2. The molecule has 0 aliphatic rings. The van der Waals surface area contributed by atoms with E-state index in [1.807, 2.05) is 55.5 Å². The van der Waals surface area contributed by atoms with Crippen molar-refractivity contribution in [1.82, 2.24) is 15.4 Å². The van der Waals surface area contributed by atoms with Crippen LogP contribution in [0.4, 0.5) is 5.82 Å². The van der Waals surface area contributed by atoms with Gasteiger partial charge in [-0.2, -0.15) is 0 Å². The van der Waals surface area contributed by atoms with Crippen LogP contribution in [0.15, 0.2) is 48.5 Å². The number of aromatic nitrogens is 2. The Morgan fingerprint density at radius 1 is 0.962 bits per heavy atom. The van der Waals surface area contributed by atoms with Gasteiger partial charge < -0.3 is 9.90 Å². The van der Waals surface area contributed by atoms with E-state index in [9.17, 15) is 14.7 Å². The van der Waals surface area contributed by atoms with Crippen molar-refractivity contribution in [2.45, 2.75) is 19.8 Å². The lowest BCUT2D eigenvalue weighted by atomic mass is 10.1. The lowest BCUT2D eigenvalue weighted by molar-refractivity contribution is -0.305. The molecule has 0 saturated heterocycles. The highest BCUT2D eigenvalue weighted by Gasteiger charge is 2.12. The van der Waals surface area contributed by atoms with Crippen molar-refractivity contribution in [3.8, 4) is 11.3 Å². The van der Waals surface area contributed by atoms with Gasteiger partial charge in [0.25, 0.3) is 0 Å². The molecular formula is C19H17N4O3-. The predicted molar refractivity (Wildman–Crippen MR) is 95.7 cm³/mol. The Bertz CT molecular complexity index is 955. The second-order valence-electron chi connectivity index (χ2n) is 5.82. The van der Waals surface area contributed by atoms with Crippen LogP contribution in [0.5, 0.6) is 0 Å². The lowest BCUT2D eigenvalue weighted by Gasteiger charge is -2.13. The smallest absolute Gasteiger partial charge is 0.238 e. The summed E-state index contributed by atoms with van der Waals surface area (Å²) in [5.41, 5.74) is 9.18. The maximum absolute atomic E-state index is 11.8. The molecule has 2 aromatic carbocycles. The fraction of sp³-hybridized carbons (Fsp3) is 0.158. The molecular weight excluding hydrogens is 332 g/mol. The zero-order valence-electron chi connectivity index (χ0n) is 14.2. The molecule has 3 aromatic rings. The molecule has 0 saturated carbocycles. The van der Waals surface area contributed by atoms with E-state index in [4.69, 9.17) is 0 Å². The van der Waals surface area contributed by atoms with Crippen molar-refractivity contribution in [3.63, 3.8) is 0 Å². The Balaban J connectivity index is 1.91. The third kappa shape index (κ3) is 4.13. The SMILES string of the molecule is Cc1ccc(-c2nc3ccccc3nc2NNC(=O)CCC(=O)[O-])cc1. The normalized spacial score (nSPS) is 10.5. The lowest BCUT2D eigenvalue weighted by Crippen LogP contribution is -2.32. The molecule has 0 unspecified atom stereocenters. The Kier molecular flexibility index (Phi) is 5.07. The number of carbonyl (C=O) groups is 2. The maximum atomic E-state index is 11.8. The van der Waals surface area contributed by atoms with Crippen molar-refractivity contribution < 1.29 is 14.7 Å². The van der Waals surface area contributed by atoms with Gasteiger partial charge in [0.2, 0.25) is 5.91 Å². The number of amides is 1. The van der Waals surface area contributed by atoms with Crippen LogP contribution in [0.1, 0.15) is 18.4 Å². The molecule has 0 aliphatic heterocycles. The number of carbonyl (C=O) groups excluding carboxylic acids is 2. The fourth-order valence-corrected chi connectivity index (χ4v) is 2.41. The monoisotopic (exact) mass is 349 g/mol. The van der Waals surface area contributed by atoms with Crippen LogP contribution in [0.25, 0.3) is 22.3 Å². The molecule has 7 heteroatoms. The molecule has 2 N–H and O–H groups in total. The maximum Gasteiger partial charge on any atom is 0.238 e. The van der Waals surface area contributed by atoms with Crippen molar-refractivity contribution in [3.05, 3.63) is 54.1 Å². The molecule has 0 spiro atoms. The van der Waals surface area contributed by atoms with Crippen LogP contribution >= 0.6 is 0 Å². The van der Waals surface area contributed by atoms with E-state index in [0.717, 1.165) is 16.6 Å². The minimum Gasteiger partial charge on any atom is -0.550 e. The number of hydrogen-bond donors (Lipinski definition) is 2. The van der Waals surface area contributed by atoms with E-state index in [1.54, 1.807) is 0 Å². The molecule has 1 heterocycles. The molecule has 7 nitrogen and oxygen atoms in total. The molecule has 0 aliphatic carbocycles. The largest absolute Gasteiger partial charge is 0.550 e. The predicted octanol–water partition coefficient (Wildman–Crippen LogP) is 1.58. The van der Waals surface area contributed by atoms with Gasteiger partial charge in [0.1, 0.15) is 5.69 Å². The van der Waals surface area contributed by atoms with Gasteiger partial charge in [-0.25, -0.2) is 9.97 Å². The minimum atomic E-state index is -1.27. The number of benzene rings is 2. The Labute approximate surface area is 150 Å². The van der Waals surface area contributed by atoms with Crippen molar-refractivity contribution in [2.75, 3.05) is 5.43 Å². The van der Waals surface area contributed by atoms with Gasteiger partial charge in [-0.15, -0.1) is 0 Å². The van der Waals surface area contributed by atoms with Crippen LogP contribution in [-0.2, 0) is 9.59 Å².